The molecule has 0 radical (unpaired) electrons. The molecule has 1 N–H and O–H groups in total. The molecule has 0 aliphatic carbocycles. The van der Waals surface area contributed by atoms with Crippen LogP contribution in [0.2, 0.25) is 0 Å². The van der Waals surface area contributed by atoms with Crippen molar-refractivity contribution in [2.24, 2.45) is 0 Å². The van der Waals surface area contributed by atoms with Gasteiger partial charge in [0.15, 0.2) is 11.5 Å². The van der Waals surface area contributed by atoms with Gasteiger partial charge in [0.2, 0.25) is 11.8 Å². The number of amides is 1. The normalized spacial score (nSPS) is 10.9. The molecule has 0 fully saturated rings. The van der Waals surface area contributed by atoms with Gasteiger partial charge < -0.3 is 10.1 Å². The maximum absolute atomic E-state index is 12.3. The fourth-order valence-corrected chi connectivity index (χ4v) is 3.96. The SMILES string of the molecule is O=C(Cn1nc(-c2cccs2)ccc1=O)NCCOc1ccc2nnc(-c3ccccc3)n2n1. The minimum atomic E-state index is -0.340. The lowest BCUT2D eigenvalue weighted by molar-refractivity contribution is -0.122. The molecular weight excluding hydrogens is 454 g/mol. The molecule has 1 amide bonds. The van der Waals surface area contributed by atoms with Gasteiger partial charge in [-0.25, -0.2) is 4.68 Å². The summed E-state index contributed by atoms with van der Waals surface area (Å²) in [6.07, 6.45) is 0. The summed E-state index contributed by atoms with van der Waals surface area (Å²) >= 11 is 1.51. The van der Waals surface area contributed by atoms with E-state index < -0.39 is 0 Å². The molecule has 0 bridgehead atoms. The van der Waals surface area contributed by atoms with E-state index in [0.29, 0.717) is 23.0 Å². The number of hydrogen-bond acceptors (Lipinski definition) is 8. The van der Waals surface area contributed by atoms with E-state index in [4.69, 9.17) is 4.74 Å². The first-order valence-corrected chi connectivity index (χ1v) is 11.3. The highest BCUT2D eigenvalue weighted by Crippen LogP contribution is 2.21. The molecule has 11 heteroatoms. The van der Waals surface area contributed by atoms with Gasteiger partial charge in [-0.15, -0.1) is 26.6 Å². The Labute approximate surface area is 197 Å². The summed E-state index contributed by atoms with van der Waals surface area (Å²) in [5, 5.41) is 21.7. The van der Waals surface area contributed by atoms with E-state index >= 15 is 0 Å². The van der Waals surface area contributed by atoms with E-state index in [1.165, 1.54) is 17.4 Å². The van der Waals surface area contributed by atoms with Crippen molar-refractivity contribution < 1.29 is 9.53 Å². The van der Waals surface area contributed by atoms with Gasteiger partial charge in [-0.1, -0.05) is 36.4 Å². The first-order valence-electron chi connectivity index (χ1n) is 10.5. The third kappa shape index (κ3) is 4.69. The number of carbonyl (C=O) groups excluding carboxylic acids is 1. The zero-order valence-electron chi connectivity index (χ0n) is 17.9. The number of thiophene rings is 1. The van der Waals surface area contributed by atoms with Crippen LogP contribution in [0.3, 0.4) is 0 Å². The van der Waals surface area contributed by atoms with Gasteiger partial charge in [-0.05, 0) is 23.6 Å². The fourth-order valence-electron chi connectivity index (χ4n) is 3.27. The summed E-state index contributed by atoms with van der Waals surface area (Å²) in [6, 6.07) is 20.0. The lowest BCUT2D eigenvalue weighted by atomic mass is 10.2. The van der Waals surface area contributed by atoms with Crippen LogP contribution in [-0.2, 0) is 11.3 Å². The molecule has 5 rings (SSSR count). The molecule has 0 spiro atoms. The van der Waals surface area contributed by atoms with Gasteiger partial charge >= 0.3 is 0 Å². The largest absolute Gasteiger partial charge is 0.475 e. The first-order chi connectivity index (χ1) is 16.7. The Hall–Kier alpha value is -4.38. The molecule has 0 saturated carbocycles. The van der Waals surface area contributed by atoms with Crippen LogP contribution >= 0.6 is 11.3 Å². The van der Waals surface area contributed by atoms with Crippen molar-refractivity contribution in [3.63, 3.8) is 0 Å². The number of carbonyl (C=O) groups is 1. The van der Waals surface area contributed by atoms with Crippen LogP contribution in [0.4, 0.5) is 0 Å². The van der Waals surface area contributed by atoms with Gasteiger partial charge in [0, 0.05) is 17.7 Å². The number of ether oxygens (including phenoxy) is 1. The van der Waals surface area contributed by atoms with E-state index in [0.717, 1.165) is 15.1 Å². The van der Waals surface area contributed by atoms with Crippen LogP contribution in [0, 0.1) is 0 Å². The van der Waals surface area contributed by atoms with E-state index in [1.54, 1.807) is 22.7 Å². The summed E-state index contributed by atoms with van der Waals surface area (Å²) < 4.78 is 8.45. The summed E-state index contributed by atoms with van der Waals surface area (Å²) in [5.74, 6) is 0.646. The third-order valence-corrected chi connectivity index (χ3v) is 5.77. The average molecular weight is 474 g/mol. The molecule has 10 nitrogen and oxygen atoms in total. The van der Waals surface area contributed by atoms with E-state index in [-0.39, 0.29) is 31.2 Å². The van der Waals surface area contributed by atoms with Crippen molar-refractivity contribution in [3.05, 3.63) is 82.5 Å². The smallest absolute Gasteiger partial charge is 0.267 e. The van der Waals surface area contributed by atoms with Crippen LogP contribution in [-0.4, -0.2) is 48.7 Å². The second kappa shape index (κ2) is 9.63. The Bertz CT molecular complexity index is 1480. The van der Waals surface area contributed by atoms with Crippen molar-refractivity contribution in [2.75, 3.05) is 13.2 Å². The third-order valence-electron chi connectivity index (χ3n) is 4.88. The van der Waals surface area contributed by atoms with E-state index in [2.05, 4.69) is 25.7 Å². The number of hydrogen-bond donors (Lipinski definition) is 1. The Morgan fingerprint density at radius 3 is 2.68 bits per heavy atom. The van der Waals surface area contributed by atoms with Crippen molar-refractivity contribution >= 4 is 22.9 Å². The van der Waals surface area contributed by atoms with Crippen LogP contribution < -0.4 is 15.6 Å². The number of aromatic nitrogens is 6. The van der Waals surface area contributed by atoms with Gasteiger partial charge in [0.05, 0.1) is 11.4 Å². The predicted molar refractivity (Wildman–Crippen MR) is 127 cm³/mol. The van der Waals surface area contributed by atoms with Gasteiger partial charge in [0.25, 0.3) is 5.56 Å². The van der Waals surface area contributed by atoms with Crippen molar-refractivity contribution in [2.45, 2.75) is 6.54 Å². The van der Waals surface area contributed by atoms with Gasteiger partial charge in [0.1, 0.15) is 18.8 Å². The number of fused-ring (bicyclic) bond motifs is 1. The molecule has 5 aromatic rings. The molecule has 34 heavy (non-hydrogen) atoms. The molecular formula is C23H19N7O3S. The first kappa shape index (κ1) is 21.5. The van der Waals surface area contributed by atoms with E-state index in [9.17, 15) is 9.59 Å². The highest BCUT2D eigenvalue weighted by atomic mass is 32.1. The Morgan fingerprint density at radius 2 is 1.85 bits per heavy atom. The number of benzene rings is 1. The maximum atomic E-state index is 12.3. The molecule has 1 aromatic carbocycles. The van der Waals surface area contributed by atoms with Crippen LogP contribution in [0.25, 0.3) is 27.6 Å². The topological polar surface area (TPSA) is 116 Å². The zero-order chi connectivity index (χ0) is 23.3. The highest BCUT2D eigenvalue weighted by Gasteiger charge is 2.11. The van der Waals surface area contributed by atoms with Crippen LogP contribution in [0.15, 0.2) is 76.9 Å². The molecule has 4 heterocycles. The second-order valence-corrected chi connectivity index (χ2v) is 8.17. The molecule has 0 unspecified atom stereocenters. The number of nitrogens with one attached hydrogen (secondary N) is 1. The molecule has 0 aliphatic rings. The van der Waals surface area contributed by atoms with Crippen molar-refractivity contribution in [1.29, 1.82) is 0 Å². The maximum Gasteiger partial charge on any atom is 0.267 e. The van der Waals surface area contributed by atoms with Gasteiger partial charge in [-0.2, -0.15) is 9.61 Å². The van der Waals surface area contributed by atoms with Crippen LogP contribution in [0.5, 0.6) is 5.88 Å². The van der Waals surface area contributed by atoms with Crippen molar-refractivity contribution in [1.82, 2.24) is 34.9 Å². The minimum Gasteiger partial charge on any atom is -0.475 e. The lowest BCUT2D eigenvalue weighted by Gasteiger charge is -2.09. The number of nitrogens with zero attached hydrogens (tertiary/aromatic N) is 6. The zero-order valence-corrected chi connectivity index (χ0v) is 18.7. The summed E-state index contributed by atoms with van der Waals surface area (Å²) in [7, 11) is 0. The molecule has 0 saturated heterocycles. The lowest BCUT2D eigenvalue weighted by Crippen LogP contribution is -2.35. The minimum absolute atomic E-state index is 0.177. The summed E-state index contributed by atoms with van der Waals surface area (Å²) in [6.45, 7) is 0.264. The fraction of sp³-hybridized carbons (Fsp3) is 0.130. The molecule has 4 aromatic heterocycles. The number of rotatable bonds is 8. The molecule has 0 aliphatic heterocycles. The molecule has 0 atom stereocenters. The summed E-state index contributed by atoms with van der Waals surface area (Å²) in [5.41, 5.74) is 1.80. The second-order valence-electron chi connectivity index (χ2n) is 7.22. The Morgan fingerprint density at radius 1 is 0.971 bits per heavy atom. The monoisotopic (exact) mass is 473 g/mol. The van der Waals surface area contributed by atoms with Crippen LogP contribution in [0.1, 0.15) is 0 Å². The molecule has 170 valence electrons. The quantitative estimate of drug-likeness (QED) is 0.344. The standard InChI is InChI=1S/C23H19N7O3S/c31-20(15-29-22(32)11-8-17(27-29)18-7-4-14-34-18)24-12-13-33-21-10-9-19-25-26-23(30(19)28-21)16-5-2-1-3-6-16/h1-11,14H,12-13,15H2,(H,24,31). The predicted octanol–water partition coefficient (Wildman–Crippen LogP) is 2.27. The average Bonchev–Trinajstić information content (AvgIpc) is 3.54. The van der Waals surface area contributed by atoms with Crippen molar-refractivity contribution in [3.8, 4) is 27.8 Å². The summed E-state index contributed by atoms with van der Waals surface area (Å²) in [4.78, 5) is 25.3. The van der Waals surface area contributed by atoms with E-state index in [1.807, 2.05) is 47.8 Å². The highest BCUT2D eigenvalue weighted by molar-refractivity contribution is 7.13. The Kier molecular flexibility index (Phi) is 6.08. The Balaban J connectivity index is 1.17. The van der Waals surface area contributed by atoms with Gasteiger partial charge in [-0.3, -0.25) is 9.59 Å².